The number of benzene rings is 2. The van der Waals surface area contributed by atoms with E-state index in [1.807, 2.05) is 0 Å². The first-order valence-corrected chi connectivity index (χ1v) is 7.86. The Balaban J connectivity index is 1.95. The van der Waals surface area contributed by atoms with Crippen LogP contribution in [0, 0.1) is 0 Å². The van der Waals surface area contributed by atoms with Crippen LogP contribution in [-0.4, -0.2) is 18.0 Å². The van der Waals surface area contributed by atoms with Crippen LogP contribution in [0.3, 0.4) is 0 Å². The van der Waals surface area contributed by atoms with Crippen LogP contribution >= 0.6 is 39.1 Å². The highest BCUT2D eigenvalue weighted by Gasteiger charge is 2.12. The summed E-state index contributed by atoms with van der Waals surface area (Å²) < 4.78 is 0.862. The van der Waals surface area contributed by atoms with E-state index >= 15 is 0 Å². The molecule has 118 valence electrons. The van der Waals surface area contributed by atoms with Gasteiger partial charge in [0.15, 0.2) is 0 Å². The molecule has 0 saturated heterocycles. The highest BCUT2D eigenvalue weighted by Crippen LogP contribution is 2.22. The van der Waals surface area contributed by atoms with Crippen LogP contribution in [0.5, 0.6) is 0 Å². The monoisotopic (exact) mass is 413 g/mol. The van der Waals surface area contributed by atoms with Crippen molar-refractivity contribution in [1.82, 2.24) is 5.43 Å². The summed E-state index contributed by atoms with van der Waals surface area (Å²) in [4.78, 5) is 23.4. The summed E-state index contributed by atoms with van der Waals surface area (Å²) >= 11 is 15.2. The molecular weight excluding hydrogens is 405 g/mol. The zero-order valence-electron chi connectivity index (χ0n) is 11.5. The molecule has 0 aromatic heterocycles. The van der Waals surface area contributed by atoms with Gasteiger partial charge in [0, 0.05) is 15.7 Å². The molecule has 0 aliphatic carbocycles. The van der Waals surface area contributed by atoms with Gasteiger partial charge in [-0.1, -0.05) is 45.2 Å². The van der Waals surface area contributed by atoms with Crippen molar-refractivity contribution in [2.75, 3.05) is 5.32 Å². The minimum absolute atomic E-state index is 0.384. The molecule has 0 bridgehead atoms. The largest absolute Gasteiger partial charge is 0.329 e. The number of halogens is 3. The molecule has 8 heteroatoms. The molecule has 5 nitrogen and oxygen atoms in total. The number of hydrogen-bond acceptors (Lipinski definition) is 3. The highest BCUT2D eigenvalue weighted by atomic mass is 79.9. The second-order valence-electron chi connectivity index (χ2n) is 4.30. The Morgan fingerprint density at radius 1 is 1.00 bits per heavy atom. The number of nitrogens with one attached hydrogen (secondary N) is 2. The van der Waals surface area contributed by atoms with E-state index < -0.39 is 11.8 Å². The minimum atomic E-state index is -0.910. The van der Waals surface area contributed by atoms with Crippen molar-refractivity contribution in [1.29, 1.82) is 0 Å². The summed E-state index contributed by atoms with van der Waals surface area (Å²) in [7, 11) is 0. The second kappa shape index (κ2) is 8.10. The molecule has 0 fully saturated rings. The average Bonchev–Trinajstić information content (AvgIpc) is 2.52. The summed E-state index contributed by atoms with van der Waals surface area (Å²) in [5, 5.41) is 6.89. The van der Waals surface area contributed by atoms with Crippen LogP contribution in [0.1, 0.15) is 5.56 Å². The molecule has 0 spiro atoms. The molecule has 2 N–H and O–H groups in total. The van der Waals surface area contributed by atoms with Crippen LogP contribution in [0.15, 0.2) is 52.0 Å². The van der Waals surface area contributed by atoms with E-state index in [9.17, 15) is 9.59 Å². The molecule has 0 heterocycles. The van der Waals surface area contributed by atoms with Crippen LogP contribution in [0.4, 0.5) is 5.69 Å². The number of rotatable bonds is 3. The van der Waals surface area contributed by atoms with Crippen molar-refractivity contribution in [3.8, 4) is 0 Å². The third-order valence-electron chi connectivity index (χ3n) is 2.67. The lowest BCUT2D eigenvalue weighted by Crippen LogP contribution is -2.32. The number of hydrazone groups is 1. The fourth-order valence-electron chi connectivity index (χ4n) is 1.56. The molecule has 0 atom stereocenters. The lowest BCUT2D eigenvalue weighted by molar-refractivity contribution is -0.136. The Morgan fingerprint density at radius 3 is 2.22 bits per heavy atom. The molecule has 23 heavy (non-hydrogen) atoms. The number of carbonyl (C=O) groups excluding carboxylic acids is 2. The van der Waals surface area contributed by atoms with Gasteiger partial charge in [0.05, 0.1) is 16.3 Å². The minimum Gasteiger partial charge on any atom is -0.318 e. The molecule has 2 rings (SSSR count). The summed E-state index contributed by atoms with van der Waals surface area (Å²) in [6.45, 7) is 0. The van der Waals surface area contributed by atoms with Gasteiger partial charge >= 0.3 is 11.8 Å². The van der Waals surface area contributed by atoms with Crippen LogP contribution in [-0.2, 0) is 9.59 Å². The predicted molar refractivity (Wildman–Crippen MR) is 95.0 cm³/mol. The molecular formula is C15H10BrCl2N3O2. The SMILES string of the molecule is O=C(N/N=C/c1c(Cl)cccc1Cl)C(=O)Nc1ccc(Br)cc1. The van der Waals surface area contributed by atoms with E-state index in [2.05, 4.69) is 31.8 Å². The highest BCUT2D eigenvalue weighted by molar-refractivity contribution is 9.10. The van der Waals surface area contributed by atoms with Gasteiger partial charge in [-0.25, -0.2) is 5.43 Å². The summed E-state index contributed by atoms with van der Waals surface area (Å²) in [5.74, 6) is -1.75. The Hall–Kier alpha value is -1.89. The Bertz CT molecular complexity index is 744. The summed E-state index contributed by atoms with van der Waals surface area (Å²) in [6, 6.07) is 11.8. The van der Waals surface area contributed by atoms with Crippen LogP contribution in [0.2, 0.25) is 10.0 Å². The zero-order valence-corrected chi connectivity index (χ0v) is 14.6. The van der Waals surface area contributed by atoms with E-state index in [-0.39, 0.29) is 0 Å². The molecule has 0 aliphatic rings. The Kier molecular flexibility index (Phi) is 6.15. The molecule has 0 radical (unpaired) electrons. The molecule has 0 saturated carbocycles. The first kappa shape index (κ1) is 17.5. The van der Waals surface area contributed by atoms with Gasteiger partial charge in [0.25, 0.3) is 0 Å². The van der Waals surface area contributed by atoms with Crippen molar-refractivity contribution < 1.29 is 9.59 Å². The van der Waals surface area contributed by atoms with E-state index in [1.165, 1.54) is 6.21 Å². The first-order chi connectivity index (χ1) is 11.0. The zero-order chi connectivity index (χ0) is 16.8. The summed E-state index contributed by atoms with van der Waals surface area (Å²) in [6.07, 6.45) is 1.27. The van der Waals surface area contributed by atoms with Gasteiger partial charge in [-0.15, -0.1) is 0 Å². The number of anilines is 1. The third-order valence-corrected chi connectivity index (χ3v) is 3.86. The van der Waals surface area contributed by atoms with E-state index in [0.29, 0.717) is 21.3 Å². The number of amides is 2. The molecule has 0 unspecified atom stereocenters. The predicted octanol–water partition coefficient (Wildman–Crippen LogP) is 3.84. The van der Waals surface area contributed by atoms with Crippen molar-refractivity contribution in [3.63, 3.8) is 0 Å². The van der Waals surface area contributed by atoms with Crippen molar-refractivity contribution in [2.45, 2.75) is 0 Å². The standard InChI is InChI=1S/C15H10BrCl2N3O2/c16-9-4-6-10(7-5-9)20-14(22)15(23)21-19-8-11-12(17)2-1-3-13(11)18/h1-8H,(H,20,22)(H,21,23)/b19-8+. The van der Waals surface area contributed by atoms with Gasteiger partial charge in [-0.2, -0.15) is 5.10 Å². The average molecular weight is 415 g/mol. The fourth-order valence-corrected chi connectivity index (χ4v) is 2.32. The van der Waals surface area contributed by atoms with Crippen molar-refractivity contribution in [3.05, 3.63) is 62.5 Å². The van der Waals surface area contributed by atoms with Gasteiger partial charge < -0.3 is 5.32 Å². The summed E-state index contributed by atoms with van der Waals surface area (Å²) in [5.41, 5.74) is 3.05. The Labute approximate surface area is 150 Å². The number of carbonyl (C=O) groups is 2. The second-order valence-corrected chi connectivity index (χ2v) is 6.03. The lowest BCUT2D eigenvalue weighted by Gasteiger charge is -2.04. The first-order valence-electron chi connectivity index (χ1n) is 6.31. The maximum absolute atomic E-state index is 11.7. The maximum Gasteiger partial charge on any atom is 0.329 e. The number of nitrogens with zero attached hydrogens (tertiary/aromatic N) is 1. The third kappa shape index (κ3) is 5.06. The fraction of sp³-hybridized carbons (Fsp3) is 0. The topological polar surface area (TPSA) is 70.6 Å². The van der Waals surface area contributed by atoms with Gasteiger partial charge in [-0.05, 0) is 36.4 Å². The van der Waals surface area contributed by atoms with Crippen molar-refractivity contribution in [2.24, 2.45) is 5.10 Å². The normalized spacial score (nSPS) is 10.6. The molecule has 0 aliphatic heterocycles. The number of hydrogen-bond donors (Lipinski definition) is 2. The van der Waals surface area contributed by atoms with E-state index in [4.69, 9.17) is 23.2 Å². The smallest absolute Gasteiger partial charge is 0.318 e. The molecule has 2 aromatic carbocycles. The van der Waals surface area contributed by atoms with Crippen LogP contribution in [0.25, 0.3) is 0 Å². The molecule has 2 aromatic rings. The molecule has 2 amide bonds. The van der Waals surface area contributed by atoms with Crippen LogP contribution < -0.4 is 10.7 Å². The van der Waals surface area contributed by atoms with E-state index in [1.54, 1.807) is 42.5 Å². The van der Waals surface area contributed by atoms with Crippen molar-refractivity contribution >= 4 is 62.8 Å². The lowest BCUT2D eigenvalue weighted by atomic mass is 10.2. The quantitative estimate of drug-likeness (QED) is 0.455. The van der Waals surface area contributed by atoms with Gasteiger partial charge in [0.2, 0.25) is 0 Å². The van der Waals surface area contributed by atoms with Gasteiger partial charge in [-0.3, -0.25) is 9.59 Å². The maximum atomic E-state index is 11.7. The van der Waals surface area contributed by atoms with Gasteiger partial charge in [0.1, 0.15) is 0 Å². The Morgan fingerprint density at radius 2 is 1.61 bits per heavy atom. The van der Waals surface area contributed by atoms with E-state index in [0.717, 1.165) is 4.47 Å².